The lowest BCUT2D eigenvalue weighted by atomic mass is 10.0. The predicted molar refractivity (Wildman–Crippen MR) is 77.3 cm³/mol. The number of rotatable bonds is 2. The summed E-state index contributed by atoms with van der Waals surface area (Å²) in [6, 6.07) is 6.13. The molecule has 0 atom stereocenters. The zero-order chi connectivity index (χ0) is 14.0. The minimum atomic E-state index is -0.181. The van der Waals surface area contributed by atoms with E-state index in [4.69, 9.17) is 4.74 Å². The summed E-state index contributed by atoms with van der Waals surface area (Å²) >= 11 is 0. The van der Waals surface area contributed by atoms with Gasteiger partial charge in [0.2, 0.25) is 0 Å². The van der Waals surface area contributed by atoms with E-state index in [9.17, 15) is 0 Å². The maximum atomic E-state index is 5.87. The largest absolute Gasteiger partial charge is 0.488 e. The summed E-state index contributed by atoms with van der Waals surface area (Å²) in [5.74, 6) is 0.892. The summed E-state index contributed by atoms with van der Waals surface area (Å²) in [6.07, 6.45) is 3.43. The monoisotopic (exact) mass is 256 g/mol. The van der Waals surface area contributed by atoms with Crippen LogP contribution in [0.4, 0.5) is 0 Å². The van der Waals surface area contributed by atoms with Crippen LogP contribution in [-0.2, 0) is 0 Å². The fraction of sp³-hybridized carbons (Fsp3) is 0.375. The molecule has 1 aromatic heterocycles. The molecule has 3 nitrogen and oxygen atoms in total. The van der Waals surface area contributed by atoms with Crippen molar-refractivity contribution in [1.29, 1.82) is 0 Å². The Balaban J connectivity index is 2.38. The van der Waals surface area contributed by atoms with Gasteiger partial charge in [-0.05, 0) is 57.9 Å². The molecule has 0 radical (unpaired) electrons. The standard InChI is InChI=1S/C16H20N2O/c1-11-8-13(19-16(3,4)5)6-7-14(11)15-9-17-10-18-12(15)2/h6-10H,1-5H3. The molecule has 0 aliphatic rings. The predicted octanol–water partition coefficient (Wildman–Crippen LogP) is 3.94. The molecule has 2 rings (SSSR count). The average Bonchev–Trinajstić information content (AvgIpc) is 2.28. The zero-order valence-electron chi connectivity index (χ0n) is 12.2. The molecule has 3 heteroatoms. The van der Waals surface area contributed by atoms with Gasteiger partial charge in [-0.2, -0.15) is 0 Å². The first-order valence-electron chi connectivity index (χ1n) is 6.43. The third-order valence-electron chi connectivity index (χ3n) is 2.82. The van der Waals surface area contributed by atoms with Crippen molar-refractivity contribution in [2.75, 3.05) is 0 Å². The molecule has 0 aliphatic carbocycles. The minimum absolute atomic E-state index is 0.181. The minimum Gasteiger partial charge on any atom is -0.488 e. The SMILES string of the molecule is Cc1cc(OC(C)(C)C)ccc1-c1cncnc1C. The van der Waals surface area contributed by atoms with Gasteiger partial charge < -0.3 is 4.74 Å². The van der Waals surface area contributed by atoms with Gasteiger partial charge in [-0.25, -0.2) is 9.97 Å². The van der Waals surface area contributed by atoms with Gasteiger partial charge in [0.25, 0.3) is 0 Å². The molecule has 2 aromatic rings. The van der Waals surface area contributed by atoms with Gasteiger partial charge in [0.15, 0.2) is 0 Å². The fourth-order valence-electron chi connectivity index (χ4n) is 2.01. The van der Waals surface area contributed by atoms with E-state index in [1.54, 1.807) is 6.33 Å². The van der Waals surface area contributed by atoms with E-state index in [1.807, 2.05) is 40.0 Å². The number of hydrogen-bond donors (Lipinski definition) is 0. The first kappa shape index (κ1) is 13.5. The number of aryl methyl sites for hydroxylation is 2. The summed E-state index contributed by atoms with van der Waals surface area (Å²) < 4.78 is 5.87. The molecule has 0 spiro atoms. The van der Waals surface area contributed by atoms with Crippen LogP contribution in [0.15, 0.2) is 30.7 Å². The summed E-state index contributed by atoms with van der Waals surface area (Å²) in [4.78, 5) is 8.34. The van der Waals surface area contributed by atoms with Crippen molar-refractivity contribution in [3.8, 4) is 16.9 Å². The second-order valence-electron chi connectivity index (χ2n) is 5.71. The molecule has 0 saturated heterocycles. The Bertz CT molecular complexity index is 586. The molecule has 0 fully saturated rings. The highest BCUT2D eigenvalue weighted by Crippen LogP contribution is 2.29. The molecule has 100 valence electrons. The molecular formula is C16H20N2O. The van der Waals surface area contributed by atoms with Crippen molar-refractivity contribution in [2.24, 2.45) is 0 Å². The third-order valence-corrected chi connectivity index (χ3v) is 2.82. The Morgan fingerprint density at radius 3 is 2.37 bits per heavy atom. The zero-order valence-corrected chi connectivity index (χ0v) is 12.2. The van der Waals surface area contributed by atoms with E-state index in [1.165, 1.54) is 5.56 Å². The van der Waals surface area contributed by atoms with Crippen LogP contribution in [0, 0.1) is 13.8 Å². The quantitative estimate of drug-likeness (QED) is 0.816. The molecule has 1 heterocycles. The van der Waals surface area contributed by atoms with E-state index in [0.717, 1.165) is 22.6 Å². The Kier molecular flexibility index (Phi) is 3.56. The topological polar surface area (TPSA) is 35.0 Å². The lowest BCUT2D eigenvalue weighted by molar-refractivity contribution is 0.131. The van der Waals surface area contributed by atoms with E-state index in [-0.39, 0.29) is 5.60 Å². The second-order valence-corrected chi connectivity index (χ2v) is 5.71. The summed E-state index contributed by atoms with van der Waals surface area (Å²) in [7, 11) is 0. The van der Waals surface area contributed by atoms with Crippen LogP contribution in [0.1, 0.15) is 32.0 Å². The maximum Gasteiger partial charge on any atom is 0.120 e. The normalized spacial score (nSPS) is 11.4. The molecule has 0 N–H and O–H groups in total. The Labute approximate surface area is 114 Å². The number of aromatic nitrogens is 2. The fourth-order valence-corrected chi connectivity index (χ4v) is 2.01. The highest BCUT2D eigenvalue weighted by molar-refractivity contribution is 5.69. The summed E-state index contributed by atoms with van der Waals surface area (Å²) in [6.45, 7) is 10.2. The van der Waals surface area contributed by atoms with E-state index in [0.29, 0.717) is 0 Å². The smallest absolute Gasteiger partial charge is 0.120 e. The highest BCUT2D eigenvalue weighted by atomic mass is 16.5. The van der Waals surface area contributed by atoms with Crippen LogP contribution >= 0.6 is 0 Å². The lowest BCUT2D eigenvalue weighted by Crippen LogP contribution is -2.22. The molecule has 0 bridgehead atoms. The molecule has 0 aliphatic heterocycles. The maximum absolute atomic E-state index is 5.87. The second kappa shape index (κ2) is 5.00. The summed E-state index contributed by atoms with van der Waals surface area (Å²) in [5, 5.41) is 0. The van der Waals surface area contributed by atoms with Crippen LogP contribution < -0.4 is 4.74 Å². The van der Waals surface area contributed by atoms with Crippen LogP contribution in [-0.4, -0.2) is 15.6 Å². The lowest BCUT2D eigenvalue weighted by Gasteiger charge is -2.22. The first-order valence-corrected chi connectivity index (χ1v) is 6.43. The number of benzene rings is 1. The van der Waals surface area contributed by atoms with E-state index in [2.05, 4.69) is 29.0 Å². The number of nitrogens with zero attached hydrogens (tertiary/aromatic N) is 2. The molecular weight excluding hydrogens is 236 g/mol. The van der Waals surface area contributed by atoms with Crippen LogP contribution in [0.3, 0.4) is 0 Å². The Morgan fingerprint density at radius 1 is 1.05 bits per heavy atom. The van der Waals surface area contributed by atoms with Crippen LogP contribution in [0.2, 0.25) is 0 Å². The molecule has 0 saturated carbocycles. The Morgan fingerprint density at radius 2 is 1.79 bits per heavy atom. The third kappa shape index (κ3) is 3.31. The number of ether oxygens (including phenoxy) is 1. The van der Waals surface area contributed by atoms with Crippen LogP contribution in [0.5, 0.6) is 5.75 Å². The first-order chi connectivity index (χ1) is 8.87. The Hall–Kier alpha value is -1.90. The molecule has 0 amide bonds. The van der Waals surface area contributed by atoms with Crippen molar-refractivity contribution in [1.82, 2.24) is 9.97 Å². The molecule has 0 unspecified atom stereocenters. The highest BCUT2D eigenvalue weighted by Gasteiger charge is 2.13. The van der Waals surface area contributed by atoms with E-state index < -0.39 is 0 Å². The van der Waals surface area contributed by atoms with Crippen molar-refractivity contribution < 1.29 is 4.74 Å². The van der Waals surface area contributed by atoms with E-state index >= 15 is 0 Å². The van der Waals surface area contributed by atoms with Crippen molar-refractivity contribution in [3.05, 3.63) is 42.0 Å². The van der Waals surface area contributed by atoms with Gasteiger partial charge in [-0.15, -0.1) is 0 Å². The summed E-state index contributed by atoms with van der Waals surface area (Å²) in [5.41, 5.74) is 4.20. The van der Waals surface area contributed by atoms with Gasteiger partial charge >= 0.3 is 0 Å². The average molecular weight is 256 g/mol. The van der Waals surface area contributed by atoms with Crippen LogP contribution in [0.25, 0.3) is 11.1 Å². The van der Waals surface area contributed by atoms with Crippen molar-refractivity contribution >= 4 is 0 Å². The van der Waals surface area contributed by atoms with Gasteiger partial charge in [-0.1, -0.05) is 6.07 Å². The van der Waals surface area contributed by atoms with Crippen molar-refractivity contribution in [2.45, 2.75) is 40.2 Å². The number of hydrogen-bond acceptors (Lipinski definition) is 3. The molecule has 1 aromatic carbocycles. The van der Waals surface area contributed by atoms with Gasteiger partial charge in [0, 0.05) is 17.5 Å². The van der Waals surface area contributed by atoms with Gasteiger partial charge in [-0.3, -0.25) is 0 Å². The van der Waals surface area contributed by atoms with Gasteiger partial charge in [0.05, 0.1) is 0 Å². The molecule has 19 heavy (non-hydrogen) atoms. The van der Waals surface area contributed by atoms with Crippen molar-refractivity contribution in [3.63, 3.8) is 0 Å². The van der Waals surface area contributed by atoms with Gasteiger partial charge in [0.1, 0.15) is 17.7 Å².